The number of thiophene rings is 1. The summed E-state index contributed by atoms with van der Waals surface area (Å²) in [5, 5.41) is 2.02. The van der Waals surface area contributed by atoms with Crippen LogP contribution in [0.15, 0.2) is 66.0 Å². The fraction of sp³-hybridized carbons (Fsp3) is 0.292. The number of piperazine rings is 1. The van der Waals surface area contributed by atoms with Crippen molar-refractivity contribution in [2.24, 2.45) is 0 Å². The molecule has 1 saturated heterocycles. The maximum atomic E-state index is 12.9. The number of hydrogen-bond acceptors (Lipinski definition) is 4. The number of nitrogens with zero attached hydrogens (tertiary/aromatic N) is 2. The van der Waals surface area contributed by atoms with Crippen LogP contribution in [-0.2, 0) is 13.2 Å². The number of ether oxygens (including phenoxy) is 1. The fourth-order valence-corrected chi connectivity index (χ4v) is 4.40. The van der Waals surface area contributed by atoms with Crippen molar-refractivity contribution in [1.82, 2.24) is 9.80 Å². The molecule has 1 fully saturated rings. The molecule has 1 aromatic heterocycles. The number of benzene rings is 2. The second-order valence-corrected chi connectivity index (χ2v) is 8.33. The summed E-state index contributed by atoms with van der Waals surface area (Å²) in [5.41, 5.74) is 3.74. The molecule has 4 nitrogen and oxygen atoms in total. The molecule has 1 aliphatic heterocycles. The van der Waals surface area contributed by atoms with Gasteiger partial charge >= 0.3 is 0 Å². The summed E-state index contributed by atoms with van der Waals surface area (Å²) in [4.78, 5) is 18.1. The van der Waals surface area contributed by atoms with E-state index in [1.54, 1.807) is 0 Å². The van der Waals surface area contributed by atoms with Gasteiger partial charge < -0.3 is 9.64 Å². The lowest BCUT2D eigenvalue weighted by Gasteiger charge is -2.34. The quantitative estimate of drug-likeness (QED) is 0.600. The Labute approximate surface area is 176 Å². The number of rotatable bonds is 6. The minimum Gasteiger partial charge on any atom is -0.489 e. The van der Waals surface area contributed by atoms with Crippen molar-refractivity contribution >= 4 is 17.2 Å². The summed E-state index contributed by atoms with van der Waals surface area (Å²) in [5.74, 6) is 0.979. The molecule has 29 heavy (non-hydrogen) atoms. The second kappa shape index (κ2) is 9.25. The van der Waals surface area contributed by atoms with Crippen molar-refractivity contribution in [3.63, 3.8) is 0 Å². The monoisotopic (exact) mass is 406 g/mol. The van der Waals surface area contributed by atoms with Gasteiger partial charge in [0.2, 0.25) is 0 Å². The molecule has 4 rings (SSSR count). The van der Waals surface area contributed by atoms with Crippen molar-refractivity contribution in [3.8, 4) is 5.75 Å². The number of carbonyl (C=O) groups is 1. The van der Waals surface area contributed by atoms with Crippen LogP contribution in [0.25, 0.3) is 0 Å². The Morgan fingerprint density at radius 2 is 1.72 bits per heavy atom. The number of amides is 1. The Bertz CT molecular complexity index is 946. The van der Waals surface area contributed by atoms with Crippen LogP contribution in [-0.4, -0.2) is 41.9 Å². The zero-order chi connectivity index (χ0) is 20.1. The smallest absolute Gasteiger partial charge is 0.264 e. The molecule has 5 heteroatoms. The van der Waals surface area contributed by atoms with Crippen LogP contribution < -0.4 is 4.74 Å². The highest BCUT2D eigenvalue weighted by molar-refractivity contribution is 7.12. The highest BCUT2D eigenvalue weighted by Crippen LogP contribution is 2.20. The third kappa shape index (κ3) is 5.05. The molecule has 0 atom stereocenters. The molecule has 0 unspecified atom stereocenters. The summed E-state index contributed by atoms with van der Waals surface area (Å²) >= 11 is 1.51. The minimum absolute atomic E-state index is 0.136. The van der Waals surface area contributed by atoms with E-state index >= 15 is 0 Å². The minimum atomic E-state index is 0.136. The summed E-state index contributed by atoms with van der Waals surface area (Å²) in [6.07, 6.45) is 0. The summed E-state index contributed by atoms with van der Waals surface area (Å²) in [7, 11) is 0. The van der Waals surface area contributed by atoms with Crippen LogP contribution in [0, 0.1) is 6.92 Å². The predicted molar refractivity (Wildman–Crippen MR) is 117 cm³/mol. The van der Waals surface area contributed by atoms with Crippen LogP contribution in [0.3, 0.4) is 0 Å². The second-order valence-electron chi connectivity index (χ2n) is 7.42. The van der Waals surface area contributed by atoms with E-state index in [0.29, 0.717) is 6.61 Å². The molecule has 1 amide bonds. The summed E-state index contributed by atoms with van der Waals surface area (Å²) < 4.78 is 5.79. The fourth-order valence-electron chi connectivity index (χ4n) is 3.54. The van der Waals surface area contributed by atoms with Gasteiger partial charge in [-0.1, -0.05) is 42.5 Å². The first-order valence-electron chi connectivity index (χ1n) is 10.0. The standard InChI is InChI=1S/C24H26N2O2S/c1-19-7-5-6-8-21(19)16-25-11-13-26(14-12-25)24(27)23-15-20(18-29-23)17-28-22-9-3-2-4-10-22/h2-10,15,18H,11-14,16-17H2,1H3. The van der Waals surface area contributed by atoms with Gasteiger partial charge in [-0.3, -0.25) is 9.69 Å². The van der Waals surface area contributed by atoms with Gasteiger partial charge in [-0.15, -0.1) is 11.3 Å². The zero-order valence-electron chi connectivity index (χ0n) is 16.7. The van der Waals surface area contributed by atoms with Crippen LogP contribution in [0.2, 0.25) is 0 Å². The molecule has 2 aromatic carbocycles. The highest BCUT2D eigenvalue weighted by Gasteiger charge is 2.23. The Morgan fingerprint density at radius 1 is 1.00 bits per heavy atom. The Balaban J connectivity index is 1.28. The predicted octanol–water partition coefficient (Wildman–Crippen LogP) is 4.59. The van der Waals surface area contributed by atoms with Crippen molar-refractivity contribution in [3.05, 3.63) is 87.6 Å². The van der Waals surface area contributed by atoms with Gasteiger partial charge in [0.05, 0.1) is 4.88 Å². The van der Waals surface area contributed by atoms with Crippen molar-refractivity contribution in [1.29, 1.82) is 0 Å². The van der Waals surface area contributed by atoms with E-state index in [4.69, 9.17) is 4.74 Å². The maximum Gasteiger partial charge on any atom is 0.264 e. The SMILES string of the molecule is Cc1ccccc1CN1CCN(C(=O)c2cc(COc3ccccc3)cs2)CC1. The van der Waals surface area contributed by atoms with Gasteiger partial charge in [-0.2, -0.15) is 0 Å². The van der Waals surface area contributed by atoms with E-state index in [2.05, 4.69) is 36.1 Å². The van der Waals surface area contributed by atoms with Gasteiger partial charge in [0.15, 0.2) is 0 Å². The first-order chi connectivity index (χ1) is 14.2. The number of aryl methyl sites for hydroxylation is 1. The van der Waals surface area contributed by atoms with Crippen molar-refractivity contribution in [2.45, 2.75) is 20.1 Å². The molecule has 3 aromatic rings. The molecular weight excluding hydrogens is 380 g/mol. The van der Waals surface area contributed by atoms with E-state index in [1.807, 2.05) is 46.7 Å². The molecule has 0 bridgehead atoms. The summed E-state index contributed by atoms with van der Waals surface area (Å²) in [6.45, 7) is 6.97. The van der Waals surface area contributed by atoms with Crippen LogP contribution in [0.4, 0.5) is 0 Å². The normalized spacial score (nSPS) is 14.7. The first kappa shape index (κ1) is 19.7. The number of carbonyl (C=O) groups excluding carboxylic acids is 1. The molecule has 0 spiro atoms. The van der Waals surface area contributed by atoms with Crippen LogP contribution in [0.1, 0.15) is 26.4 Å². The molecule has 0 radical (unpaired) electrons. The Hall–Kier alpha value is -2.63. The lowest BCUT2D eigenvalue weighted by Crippen LogP contribution is -2.48. The van der Waals surface area contributed by atoms with Gasteiger partial charge in [0, 0.05) is 38.3 Å². The Kier molecular flexibility index (Phi) is 6.27. The maximum absolute atomic E-state index is 12.9. The van der Waals surface area contributed by atoms with E-state index < -0.39 is 0 Å². The van der Waals surface area contributed by atoms with Crippen LogP contribution >= 0.6 is 11.3 Å². The molecule has 2 heterocycles. The highest BCUT2D eigenvalue weighted by atomic mass is 32.1. The molecule has 0 saturated carbocycles. The van der Waals surface area contributed by atoms with Crippen molar-refractivity contribution in [2.75, 3.05) is 26.2 Å². The molecule has 0 N–H and O–H groups in total. The average molecular weight is 407 g/mol. The van der Waals surface area contributed by atoms with E-state index in [0.717, 1.165) is 48.9 Å². The molecular formula is C24H26N2O2S. The zero-order valence-corrected chi connectivity index (χ0v) is 17.5. The average Bonchev–Trinajstić information content (AvgIpc) is 3.24. The van der Waals surface area contributed by atoms with Crippen molar-refractivity contribution < 1.29 is 9.53 Å². The lowest BCUT2D eigenvalue weighted by molar-refractivity contribution is 0.0633. The topological polar surface area (TPSA) is 32.8 Å². The van der Waals surface area contributed by atoms with Gasteiger partial charge in [-0.05, 0) is 41.6 Å². The summed E-state index contributed by atoms with van der Waals surface area (Å²) in [6, 6.07) is 20.2. The van der Waals surface area contributed by atoms with E-state index in [9.17, 15) is 4.79 Å². The first-order valence-corrected chi connectivity index (χ1v) is 10.9. The van der Waals surface area contributed by atoms with Gasteiger partial charge in [-0.25, -0.2) is 0 Å². The van der Waals surface area contributed by atoms with Crippen LogP contribution in [0.5, 0.6) is 5.75 Å². The van der Waals surface area contributed by atoms with Gasteiger partial charge in [0.25, 0.3) is 5.91 Å². The third-order valence-corrected chi connectivity index (χ3v) is 6.29. The molecule has 1 aliphatic rings. The molecule has 0 aliphatic carbocycles. The van der Waals surface area contributed by atoms with Gasteiger partial charge in [0.1, 0.15) is 12.4 Å². The third-order valence-electron chi connectivity index (χ3n) is 5.33. The lowest BCUT2D eigenvalue weighted by atomic mass is 10.1. The Morgan fingerprint density at radius 3 is 2.48 bits per heavy atom. The van der Waals surface area contributed by atoms with E-state index in [-0.39, 0.29) is 5.91 Å². The largest absolute Gasteiger partial charge is 0.489 e. The van der Waals surface area contributed by atoms with E-state index in [1.165, 1.54) is 22.5 Å². The number of para-hydroxylation sites is 1. The molecule has 150 valence electrons. The number of hydrogen-bond donors (Lipinski definition) is 0.